The number of nitrogens with zero attached hydrogens (tertiary/aromatic N) is 4. The van der Waals surface area contributed by atoms with Crippen LogP contribution in [0.3, 0.4) is 0 Å². The van der Waals surface area contributed by atoms with E-state index in [-0.39, 0.29) is 24.4 Å². The number of rotatable bonds is 4. The van der Waals surface area contributed by atoms with Gasteiger partial charge in [-0.1, -0.05) is 48.0 Å². The van der Waals surface area contributed by atoms with E-state index in [9.17, 15) is 9.59 Å². The summed E-state index contributed by atoms with van der Waals surface area (Å²) >= 11 is 6.39. The van der Waals surface area contributed by atoms with E-state index >= 15 is 0 Å². The molecular weight excluding hydrogens is 426 g/mol. The van der Waals surface area contributed by atoms with E-state index in [0.29, 0.717) is 13.0 Å². The molecule has 3 aliphatic rings. The summed E-state index contributed by atoms with van der Waals surface area (Å²) < 4.78 is 0. The first-order valence-corrected chi connectivity index (χ1v) is 11.5. The van der Waals surface area contributed by atoms with Gasteiger partial charge < -0.3 is 9.80 Å². The number of hydrogen-bond donors (Lipinski definition) is 1. The summed E-state index contributed by atoms with van der Waals surface area (Å²) in [5, 5.41) is 4.29. The van der Waals surface area contributed by atoms with Crippen molar-refractivity contribution < 1.29 is 9.59 Å². The predicted octanol–water partition coefficient (Wildman–Crippen LogP) is 2.88. The van der Waals surface area contributed by atoms with Crippen molar-refractivity contribution in [2.45, 2.75) is 38.3 Å². The van der Waals surface area contributed by atoms with E-state index in [1.54, 1.807) is 11.9 Å². The first kappa shape index (κ1) is 21.2. The first-order valence-electron chi connectivity index (χ1n) is 11.1. The molecule has 3 atom stereocenters. The summed E-state index contributed by atoms with van der Waals surface area (Å²) in [6.45, 7) is 4.06. The molecule has 3 amide bonds. The fourth-order valence-corrected chi connectivity index (χ4v) is 5.33. The van der Waals surface area contributed by atoms with Gasteiger partial charge in [0.05, 0.1) is 0 Å². The van der Waals surface area contributed by atoms with E-state index in [4.69, 9.17) is 11.6 Å². The van der Waals surface area contributed by atoms with Gasteiger partial charge in [-0.3, -0.25) is 19.9 Å². The number of urea groups is 1. The van der Waals surface area contributed by atoms with Crippen molar-refractivity contribution in [3.05, 3.63) is 64.7 Å². The molecule has 8 heteroatoms. The number of amides is 3. The summed E-state index contributed by atoms with van der Waals surface area (Å²) in [5.74, 6) is -0.117. The maximum atomic E-state index is 13.6. The summed E-state index contributed by atoms with van der Waals surface area (Å²) in [7, 11) is 1.78. The Morgan fingerprint density at radius 1 is 1.06 bits per heavy atom. The average molecular weight is 454 g/mol. The predicted molar refractivity (Wildman–Crippen MR) is 124 cm³/mol. The summed E-state index contributed by atoms with van der Waals surface area (Å²) in [5.41, 5.74) is 3.19. The Balaban J connectivity index is 1.41. The van der Waals surface area contributed by atoms with Gasteiger partial charge in [0.25, 0.3) is 5.91 Å². The van der Waals surface area contributed by atoms with Crippen molar-refractivity contribution in [2.24, 2.45) is 0 Å². The number of benzene rings is 2. The van der Waals surface area contributed by atoms with Gasteiger partial charge in [0, 0.05) is 37.4 Å². The maximum absolute atomic E-state index is 13.6. The molecule has 3 unspecified atom stereocenters. The molecular formula is C24H28ClN5O2. The number of anilines is 1. The molecule has 0 bridgehead atoms. The number of halogens is 1. The minimum absolute atomic E-state index is 0.117. The van der Waals surface area contributed by atoms with Gasteiger partial charge in [-0.25, -0.2) is 4.79 Å². The smallest absolute Gasteiger partial charge is 0.327 e. The van der Waals surface area contributed by atoms with Crippen LogP contribution in [0.4, 0.5) is 10.5 Å². The summed E-state index contributed by atoms with van der Waals surface area (Å²) in [4.78, 5) is 34.2. The number of likely N-dealkylation sites (N-methyl/N-ethyl adjacent to an activating group) is 1. The molecule has 3 aliphatic heterocycles. The lowest BCUT2D eigenvalue weighted by Crippen LogP contribution is -2.66. The van der Waals surface area contributed by atoms with E-state index in [1.807, 2.05) is 49.4 Å². The number of carbonyl (C=O) groups excluding carboxylic acids is 2. The monoisotopic (exact) mass is 453 g/mol. The van der Waals surface area contributed by atoms with Crippen molar-refractivity contribution in [3.63, 3.8) is 0 Å². The van der Waals surface area contributed by atoms with E-state index in [1.165, 1.54) is 4.90 Å². The zero-order valence-electron chi connectivity index (χ0n) is 18.4. The van der Waals surface area contributed by atoms with Crippen LogP contribution < -0.4 is 10.2 Å². The lowest BCUT2D eigenvalue weighted by molar-refractivity contribution is -0.138. The van der Waals surface area contributed by atoms with E-state index in [2.05, 4.69) is 21.2 Å². The van der Waals surface area contributed by atoms with Crippen LogP contribution in [0.25, 0.3) is 0 Å². The van der Waals surface area contributed by atoms with Crippen molar-refractivity contribution in [1.29, 1.82) is 0 Å². The largest absolute Gasteiger partial charge is 0.343 e. The summed E-state index contributed by atoms with van der Waals surface area (Å²) in [6.07, 6.45) is 1.06. The highest BCUT2D eigenvalue weighted by Crippen LogP contribution is 2.35. The van der Waals surface area contributed by atoms with Gasteiger partial charge in [-0.05, 0) is 43.0 Å². The Labute approximate surface area is 193 Å². The molecule has 0 spiro atoms. The van der Waals surface area contributed by atoms with Gasteiger partial charge in [0.1, 0.15) is 18.5 Å². The number of carbonyl (C=O) groups is 2. The van der Waals surface area contributed by atoms with Gasteiger partial charge in [-0.15, -0.1) is 0 Å². The molecule has 0 aliphatic carbocycles. The first-order chi connectivity index (χ1) is 15.5. The number of nitrogens with one attached hydrogen (secondary N) is 1. The van der Waals surface area contributed by atoms with Crippen LogP contribution in [0.2, 0.25) is 5.02 Å². The Bertz CT molecular complexity index is 1030. The maximum Gasteiger partial charge on any atom is 0.327 e. The van der Waals surface area contributed by atoms with Crippen LogP contribution in [0.5, 0.6) is 0 Å². The second-order valence-electron chi connectivity index (χ2n) is 8.72. The topological polar surface area (TPSA) is 59.1 Å². The minimum Gasteiger partial charge on any atom is -0.343 e. The molecule has 3 heterocycles. The second kappa shape index (κ2) is 8.39. The fourth-order valence-electron chi connectivity index (χ4n) is 5.16. The quantitative estimate of drug-likeness (QED) is 0.771. The van der Waals surface area contributed by atoms with Crippen molar-refractivity contribution in [1.82, 2.24) is 20.0 Å². The highest BCUT2D eigenvalue weighted by Gasteiger charge is 2.56. The lowest BCUT2D eigenvalue weighted by atomic mass is 10.1. The van der Waals surface area contributed by atoms with Crippen LogP contribution in [-0.4, -0.2) is 71.8 Å². The highest BCUT2D eigenvalue weighted by molar-refractivity contribution is 6.31. The number of imide groups is 1. The van der Waals surface area contributed by atoms with Crippen LogP contribution in [0.1, 0.15) is 17.5 Å². The van der Waals surface area contributed by atoms with Crippen molar-refractivity contribution in [3.8, 4) is 0 Å². The van der Waals surface area contributed by atoms with Gasteiger partial charge in [-0.2, -0.15) is 0 Å². The van der Waals surface area contributed by atoms with Crippen LogP contribution in [0.15, 0.2) is 48.5 Å². The second-order valence-corrected chi connectivity index (χ2v) is 9.12. The van der Waals surface area contributed by atoms with Crippen LogP contribution in [0, 0.1) is 6.92 Å². The molecule has 5 rings (SSSR count). The van der Waals surface area contributed by atoms with Crippen LogP contribution >= 0.6 is 11.6 Å². The average Bonchev–Trinajstić information content (AvgIpc) is 3.20. The number of fused-ring (bicyclic) bond motifs is 3. The lowest BCUT2D eigenvalue weighted by Gasteiger charge is -2.44. The highest BCUT2D eigenvalue weighted by atomic mass is 35.5. The third-order valence-corrected chi connectivity index (χ3v) is 7.29. The normalized spacial score (nSPS) is 25.8. The molecule has 2 aromatic carbocycles. The number of hydrogen-bond acceptors (Lipinski definition) is 5. The molecule has 3 fully saturated rings. The molecule has 2 aromatic rings. The Morgan fingerprint density at radius 3 is 2.62 bits per heavy atom. The van der Waals surface area contributed by atoms with Gasteiger partial charge >= 0.3 is 6.03 Å². The third-order valence-electron chi connectivity index (χ3n) is 6.89. The molecule has 32 heavy (non-hydrogen) atoms. The Morgan fingerprint density at radius 2 is 1.84 bits per heavy atom. The SMILES string of the molecule is Cc1c(Cl)cccc1N1CCCN2C3C(=O)N(CCc4ccccc4)C(=O)N(C)C3NC12. The zero-order valence-corrected chi connectivity index (χ0v) is 19.1. The van der Waals surface area contributed by atoms with Crippen molar-refractivity contribution >= 4 is 29.2 Å². The molecule has 7 nitrogen and oxygen atoms in total. The van der Waals surface area contributed by atoms with Gasteiger partial charge in [0.15, 0.2) is 0 Å². The molecule has 0 aromatic heterocycles. The Hall–Kier alpha value is -2.61. The fraction of sp³-hybridized carbons (Fsp3) is 0.417. The molecule has 0 radical (unpaired) electrons. The van der Waals surface area contributed by atoms with E-state index in [0.717, 1.165) is 41.3 Å². The molecule has 1 N–H and O–H groups in total. The zero-order chi connectivity index (χ0) is 22.4. The van der Waals surface area contributed by atoms with E-state index < -0.39 is 6.04 Å². The molecule has 3 saturated heterocycles. The van der Waals surface area contributed by atoms with Gasteiger partial charge in [0.2, 0.25) is 0 Å². The van der Waals surface area contributed by atoms with Crippen LogP contribution in [-0.2, 0) is 11.2 Å². The Kier molecular flexibility index (Phi) is 5.57. The standard InChI is InChI=1S/C24H28ClN5O2/c1-16-18(25)10-6-11-19(16)28-13-7-14-29-20-21(26-23(28)29)27(2)24(32)30(22(20)31)15-12-17-8-4-3-5-9-17/h3-6,8-11,20-21,23,26H,7,12-15H2,1-2H3. The van der Waals surface area contributed by atoms with Crippen molar-refractivity contribution in [2.75, 3.05) is 31.6 Å². The minimum atomic E-state index is -0.402. The molecule has 0 saturated carbocycles. The summed E-state index contributed by atoms with van der Waals surface area (Å²) in [6, 6.07) is 15.2. The molecule has 168 valence electrons. The third kappa shape index (κ3) is 3.45.